The monoisotopic (exact) mass is 270 g/mol. The van der Waals surface area contributed by atoms with Gasteiger partial charge in [0.15, 0.2) is 0 Å². The highest BCUT2D eigenvalue weighted by Gasteiger charge is 2.17. The molecule has 0 aliphatic rings. The van der Waals surface area contributed by atoms with Gasteiger partial charge in [-0.3, -0.25) is 4.98 Å². The molecule has 2 aromatic rings. The van der Waals surface area contributed by atoms with Gasteiger partial charge in [-0.25, -0.2) is 0 Å². The summed E-state index contributed by atoms with van der Waals surface area (Å²) in [5.41, 5.74) is 2.38. The molecule has 1 atom stereocenters. The van der Waals surface area contributed by atoms with Gasteiger partial charge in [-0.15, -0.1) is 0 Å². The third-order valence-electron chi connectivity index (χ3n) is 3.17. The van der Waals surface area contributed by atoms with Crippen molar-refractivity contribution < 1.29 is 4.74 Å². The predicted octanol–water partition coefficient (Wildman–Crippen LogP) is 3.57. The summed E-state index contributed by atoms with van der Waals surface area (Å²) >= 11 is 0. The van der Waals surface area contributed by atoms with Gasteiger partial charge in [0.2, 0.25) is 0 Å². The van der Waals surface area contributed by atoms with Crippen molar-refractivity contribution in [3.63, 3.8) is 0 Å². The summed E-state index contributed by atoms with van der Waals surface area (Å²) in [7, 11) is 0. The van der Waals surface area contributed by atoms with Crippen LogP contribution in [-0.4, -0.2) is 18.1 Å². The van der Waals surface area contributed by atoms with Crippen LogP contribution in [0.3, 0.4) is 0 Å². The maximum absolute atomic E-state index is 5.76. The highest BCUT2D eigenvalue weighted by atomic mass is 16.5. The molecule has 0 saturated carbocycles. The van der Waals surface area contributed by atoms with Crippen LogP contribution in [0.1, 0.15) is 37.4 Å². The summed E-state index contributed by atoms with van der Waals surface area (Å²) in [5.74, 6) is 0.945. The van der Waals surface area contributed by atoms with E-state index in [4.69, 9.17) is 4.74 Å². The Labute approximate surface area is 121 Å². The minimum atomic E-state index is 0.140. The quantitative estimate of drug-likeness (QED) is 0.835. The van der Waals surface area contributed by atoms with Crippen LogP contribution in [-0.2, 0) is 0 Å². The van der Waals surface area contributed by atoms with Crippen molar-refractivity contribution in [2.24, 2.45) is 0 Å². The molecular weight excluding hydrogens is 248 g/mol. The van der Waals surface area contributed by atoms with Crippen LogP contribution in [0.15, 0.2) is 48.8 Å². The fourth-order valence-electron chi connectivity index (χ4n) is 2.26. The third kappa shape index (κ3) is 3.58. The molecule has 0 bridgehead atoms. The average Bonchev–Trinajstić information content (AvgIpc) is 2.50. The Morgan fingerprint density at radius 2 is 1.85 bits per heavy atom. The number of nitrogens with zero attached hydrogens (tertiary/aromatic N) is 1. The second kappa shape index (κ2) is 7.65. The molecule has 0 spiro atoms. The molecular formula is C17H22N2O. The molecule has 0 aliphatic carbocycles. The van der Waals surface area contributed by atoms with Crippen LogP contribution in [0.4, 0.5) is 0 Å². The molecule has 2 rings (SSSR count). The normalized spacial score (nSPS) is 12.1. The molecule has 1 unspecified atom stereocenters. The second-order valence-electron chi connectivity index (χ2n) is 4.64. The number of benzene rings is 1. The van der Waals surface area contributed by atoms with Gasteiger partial charge in [-0.1, -0.05) is 25.1 Å². The van der Waals surface area contributed by atoms with Crippen LogP contribution in [0.2, 0.25) is 0 Å². The molecule has 0 fully saturated rings. The first kappa shape index (κ1) is 14.5. The molecule has 1 aromatic carbocycles. The minimum absolute atomic E-state index is 0.140. The van der Waals surface area contributed by atoms with Gasteiger partial charge in [0, 0.05) is 18.0 Å². The number of hydrogen-bond donors (Lipinski definition) is 1. The summed E-state index contributed by atoms with van der Waals surface area (Å²) in [6.45, 7) is 5.82. The Morgan fingerprint density at radius 1 is 1.10 bits per heavy atom. The molecule has 0 aliphatic heterocycles. The van der Waals surface area contributed by atoms with E-state index in [9.17, 15) is 0 Å². The van der Waals surface area contributed by atoms with Gasteiger partial charge in [0.05, 0.1) is 12.6 Å². The maximum Gasteiger partial charge on any atom is 0.124 e. The third-order valence-corrected chi connectivity index (χ3v) is 3.17. The number of ether oxygens (including phenoxy) is 1. The van der Waals surface area contributed by atoms with Crippen LogP contribution >= 0.6 is 0 Å². The number of nitrogens with one attached hydrogen (secondary N) is 1. The topological polar surface area (TPSA) is 34.2 Å². The van der Waals surface area contributed by atoms with Gasteiger partial charge in [0.1, 0.15) is 5.75 Å². The molecule has 0 amide bonds. The van der Waals surface area contributed by atoms with Crippen molar-refractivity contribution in [2.45, 2.75) is 26.3 Å². The predicted molar refractivity (Wildman–Crippen MR) is 82.0 cm³/mol. The zero-order valence-electron chi connectivity index (χ0n) is 12.2. The average molecular weight is 270 g/mol. The lowest BCUT2D eigenvalue weighted by Crippen LogP contribution is -2.23. The van der Waals surface area contributed by atoms with E-state index in [0.717, 1.165) is 18.7 Å². The largest absolute Gasteiger partial charge is 0.494 e. The molecule has 3 nitrogen and oxygen atoms in total. The SMILES string of the molecule is CCCNC(c1ccncc1)c1ccccc1OCC. The summed E-state index contributed by atoms with van der Waals surface area (Å²) in [5, 5.41) is 3.59. The van der Waals surface area contributed by atoms with Crippen LogP contribution < -0.4 is 10.1 Å². The van der Waals surface area contributed by atoms with E-state index in [0.29, 0.717) is 6.61 Å². The summed E-state index contributed by atoms with van der Waals surface area (Å²) in [6.07, 6.45) is 4.76. The number of rotatable bonds is 7. The molecule has 0 radical (unpaired) electrons. The van der Waals surface area contributed by atoms with E-state index in [2.05, 4.69) is 41.5 Å². The van der Waals surface area contributed by atoms with Crippen molar-refractivity contribution in [2.75, 3.05) is 13.2 Å². The zero-order valence-corrected chi connectivity index (χ0v) is 12.2. The van der Waals surface area contributed by atoms with E-state index >= 15 is 0 Å². The maximum atomic E-state index is 5.76. The van der Waals surface area contributed by atoms with E-state index < -0.39 is 0 Å². The summed E-state index contributed by atoms with van der Waals surface area (Å²) in [6, 6.07) is 12.5. The van der Waals surface area contributed by atoms with E-state index in [1.54, 1.807) is 0 Å². The van der Waals surface area contributed by atoms with E-state index in [1.165, 1.54) is 11.1 Å². The van der Waals surface area contributed by atoms with Crippen LogP contribution in [0.5, 0.6) is 5.75 Å². The summed E-state index contributed by atoms with van der Waals surface area (Å²) in [4.78, 5) is 4.10. The molecule has 0 saturated heterocycles. The van der Waals surface area contributed by atoms with Crippen LogP contribution in [0.25, 0.3) is 0 Å². The zero-order chi connectivity index (χ0) is 14.2. The minimum Gasteiger partial charge on any atom is -0.494 e. The number of aromatic nitrogens is 1. The molecule has 1 aromatic heterocycles. The molecule has 1 N–H and O–H groups in total. The first-order valence-electron chi connectivity index (χ1n) is 7.21. The van der Waals surface area contributed by atoms with Gasteiger partial charge in [0.25, 0.3) is 0 Å². The second-order valence-corrected chi connectivity index (χ2v) is 4.64. The number of para-hydroxylation sites is 1. The lowest BCUT2D eigenvalue weighted by Gasteiger charge is -2.22. The number of pyridine rings is 1. The number of hydrogen-bond acceptors (Lipinski definition) is 3. The molecule has 20 heavy (non-hydrogen) atoms. The van der Waals surface area contributed by atoms with Gasteiger partial charge in [-0.05, 0) is 43.7 Å². The Hall–Kier alpha value is -1.87. The van der Waals surface area contributed by atoms with E-state index in [-0.39, 0.29) is 6.04 Å². The van der Waals surface area contributed by atoms with E-state index in [1.807, 2.05) is 31.5 Å². The Morgan fingerprint density at radius 3 is 2.55 bits per heavy atom. The first-order chi connectivity index (χ1) is 9.86. The van der Waals surface area contributed by atoms with Crippen molar-refractivity contribution >= 4 is 0 Å². The highest BCUT2D eigenvalue weighted by molar-refractivity contribution is 5.41. The smallest absolute Gasteiger partial charge is 0.124 e. The van der Waals surface area contributed by atoms with Crippen molar-refractivity contribution in [3.8, 4) is 5.75 Å². The van der Waals surface area contributed by atoms with Crippen molar-refractivity contribution in [1.29, 1.82) is 0 Å². The van der Waals surface area contributed by atoms with Crippen LogP contribution in [0, 0.1) is 0 Å². The molecule has 1 heterocycles. The Bertz CT molecular complexity index is 513. The van der Waals surface area contributed by atoms with Crippen molar-refractivity contribution in [1.82, 2.24) is 10.3 Å². The standard InChI is InChI=1S/C17H22N2O/c1-3-11-19-17(14-9-12-18-13-10-14)15-7-5-6-8-16(15)20-4-2/h5-10,12-13,17,19H,3-4,11H2,1-2H3. The molecule has 106 valence electrons. The van der Waals surface area contributed by atoms with Gasteiger partial charge < -0.3 is 10.1 Å². The Balaban J connectivity index is 2.36. The lowest BCUT2D eigenvalue weighted by atomic mass is 9.98. The Kier molecular flexibility index (Phi) is 5.56. The van der Waals surface area contributed by atoms with Gasteiger partial charge >= 0.3 is 0 Å². The summed E-state index contributed by atoms with van der Waals surface area (Å²) < 4.78 is 5.76. The fourth-order valence-corrected chi connectivity index (χ4v) is 2.26. The van der Waals surface area contributed by atoms with Gasteiger partial charge in [-0.2, -0.15) is 0 Å². The fraction of sp³-hybridized carbons (Fsp3) is 0.353. The molecule has 3 heteroatoms. The first-order valence-corrected chi connectivity index (χ1v) is 7.21. The lowest BCUT2D eigenvalue weighted by molar-refractivity contribution is 0.333. The van der Waals surface area contributed by atoms with Crippen molar-refractivity contribution in [3.05, 3.63) is 59.9 Å². The highest BCUT2D eigenvalue weighted by Crippen LogP contribution is 2.29.